The SMILES string of the molecule is CCOC(=O)C1=C(C)N=c2s/c(=C/c3cc(Br)cc(OC)c3OCc3ccc(Cl)c(Cl)c3)c(=O)n2[C@@H]1c1ccc(OC(C)C)c(OC)c1. The van der Waals surface area contributed by atoms with Crippen molar-refractivity contribution in [3.63, 3.8) is 0 Å². The average molecular weight is 777 g/mol. The van der Waals surface area contributed by atoms with Crippen molar-refractivity contribution in [1.29, 1.82) is 0 Å². The van der Waals surface area contributed by atoms with Crippen LogP contribution in [0, 0.1) is 0 Å². The predicted molar refractivity (Wildman–Crippen MR) is 191 cm³/mol. The number of fused-ring (bicyclic) bond motifs is 1. The number of hydrogen-bond acceptors (Lipinski definition) is 9. The Morgan fingerprint density at radius 3 is 2.46 bits per heavy atom. The van der Waals surface area contributed by atoms with Gasteiger partial charge in [-0.15, -0.1) is 0 Å². The molecule has 252 valence electrons. The van der Waals surface area contributed by atoms with Gasteiger partial charge < -0.3 is 23.7 Å². The maximum absolute atomic E-state index is 14.3. The summed E-state index contributed by atoms with van der Waals surface area (Å²) in [6.45, 7) is 7.62. The van der Waals surface area contributed by atoms with Gasteiger partial charge in [-0.05, 0) is 81.3 Å². The fourth-order valence-electron chi connectivity index (χ4n) is 5.24. The molecule has 0 radical (unpaired) electrons. The fraction of sp³-hybridized carbons (Fsp3) is 0.286. The maximum Gasteiger partial charge on any atom is 0.338 e. The Hall–Kier alpha value is -3.77. The highest BCUT2D eigenvalue weighted by atomic mass is 79.9. The largest absolute Gasteiger partial charge is 0.493 e. The number of hydrogen-bond donors (Lipinski definition) is 0. The Morgan fingerprint density at radius 1 is 1.04 bits per heavy atom. The first-order chi connectivity index (χ1) is 22.9. The molecule has 48 heavy (non-hydrogen) atoms. The van der Waals surface area contributed by atoms with Crippen molar-refractivity contribution in [1.82, 2.24) is 4.57 Å². The van der Waals surface area contributed by atoms with Crippen LogP contribution in [0.1, 0.15) is 50.4 Å². The smallest absolute Gasteiger partial charge is 0.338 e. The molecular formula is C35H33BrCl2N2O7S. The number of allylic oxidation sites excluding steroid dienone is 1. The molecule has 1 atom stereocenters. The molecule has 0 aliphatic carbocycles. The van der Waals surface area contributed by atoms with Crippen LogP contribution in [-0.4, -0.2) is 37.5 Å². The summed E-state index contributed by atoms with van der Waals surface area (Å²) in [6, 6.07) is 13.4. The van der Waals surface area contributed by atoms with Crippen LogP contribution in [-0.2, 0) is 16.1 Å². The normalized spacial score (nSPS) is 14.5. The predicted octanol–water partition coefficient (Wildman–Crippen LogP) is 7.25. The molecule has 1 aromatic heterocycles. The van der Waals surface area contributed by atoms with Crippen molar-refractivity contribution in [3.05, 3.63) is 111 Å². The summed E-state index contributed by atoms with van der Waals surface area (Å²) in [7, 11) is 3.08. The van der Waals surface area contributed by atoms with Gasteiger partial charge in [0.15, 0.2) is 27.8 Å². The zero-order chi connectivity index (χ0) is 34.7. The second-order valence-corrected chi connectivity index (χ2v) is 13.7. The quantitative estimate of drug-likeness (QED) is 0.148. The third-order valence-corrected chi connectivity index (χ3v) is 9.48. The lowest BCUT2D eigenvalue weighted by molar-refractivity contribution is -0.139. The van der Waals surface area contributed by atoms with E-state index in [1.807, 2.05) is 32.0 Å². The molecule has 3 aromatic carbocycles. The molecular weight excluding hydrogens is 743 g/mol. The van der Waals surface area contributed by atoms with Crippen molar-refractivity contribution in [3.8, 4) is 23.0 Å². The number of halogens is 3. The van der Waals surface area contributed by atoms with Crippen LogP contribution in [0.15, 0.2) is 74.1 Å². The first kappa shape index (κ1) is 35.5. The van der Waals surface area contributed by atoms with Gasteiger partial charge in [-0.1, -0.05) is 62.6 Å². The Labute approximate surface area is 300 Å². The standard InChI is InChI=1S/C35H33BrCl2N2O7S/c1-7-45-34(42)30-19(4)39-35-40(31(30)21-9-11-26(47-18(2)3)27(14-21)43-5)33(41)29(48-35)15-22-13-23(36)16-28(44-6)32(22)46-17-20-8-10-24(37)25(38)12-20/h8-16,18,31H,7,17H2,1-6H3/b29-15+/t31-/m1/s1. The van der Waals surface area contributed by atoms with Gasteiger partial charge in [-0.2, -0.15) is 0 Å². The van der Waals surface area contributed by atoms with Gasteiger partial charge in [-0.25, -0.2) is 9.79 Å². The third kappa shape index (κ3) is 7.44. The summed E-state index contributed by atoms with van der Waals surface area (Å²) in [5, 5.41) is 0.851. The Bertz CT molecular complexity index is 2090. The lowest BCUT2D eigenvalue weighted by Gasteiger charge is -2.25. The Morgan fingerprint density at radius 2 is 1.79 bits per heavy atom. The Kier molecular flexibility index (Phi) is 11.2. The van der Waals surface area contributed by atoms with E-state index in [2.05, 4.69) is 20.9 Å². The zero-order valence-corrected chi connectivity index (χ0v) is 31.0. The molecule has 0 spiro atoms. The van der Waals surface area contributed by atoms with Crippen LogP contribution in [0.4, 0.5) is 0 Å². The highest BCUT2D eigenvalue weighted by Crippen LogP contribution is 2.38. The first-order valence-electron chi connectivity index (χ1n) is 14.9. The highest BCUT2D eigenvalue weighted by molar-refractivity contribution is 9.10. The van der Waals surface area contributed by atoms with Crippen LogP contribution in [0.3, 0.4) is 0 Å². The van der Waals surface area contributed by atoms with E-state index >= 15 is 0 Å². The van der Waals surface area contributed by atoms with Crippen molar-refractivity contribution in [2.45, 2.75) is 46.4 Å². The summed E-state index contributed by atoms with van der Waals surface area (Å²) < 4.78 is 31.5. The number of nitrogens with zero attached hydrogens (tertiary/aromatic N) is 2. The van der Waals surface area contributed by atoms with Crippen LogP contribution in [0.5, 0.6) is 23.0 Å². The van der Waals surface area contributed by atoms with E-state index in [4.69, 9.17) is 46.9 Å². The summed E-state index contributed by atoms with van der Waals surface area (Å²) in [6.07, 6.45) is 1.64. The molecule has 0 saturated carbocycles. The van der Waals surface area contributed by atoms with Crippen molar-refractivity contribution in [2.75, 3.05) is 20.8 Å². The van der Waals surface area contributed by atoms with Crippen molar-refractivity contribution < 1.29 is 28.5 Å². The molecule has 0 bridgehead atoms. The number of benzene rings is 3. The monoisotopic (exact) mass is 774 g/mol. The van der Waals surface area contributed by atoms with E-state index in [0.717, 1.165) is 10.0 Å². The number of esters is 1. The number of thiazole rings is 1. The molecule has 5 rings (SSSR count). The second-order valence-electron chi connectivity index (χ2n) is 10.9. The molecule has 0 N–H and O–H groups in total. The lowest BCUT2D eigenvalue weighted by atomic mass is 9.95. The van der Waals surface area contributed by atoms with Crippen LogP contribution in [0.25, 0.3) is 6.08 Å². The summed E-state index contributed by atoms with van der Waals surface area (Å²) in [4.78, 5) is 32.8. The second kappa shape index (κ2) is 15.2. The minimum Gasteiger partial charge on any atom is -0.493 e. The van der Waals surface area contributed by atoms with Crippen LogP contribution >= 0.6 is 50.5 Å². The van der Waals surface area contributed by atoms with E-state index in [9.17, 15) is 9.59 Å². The molecule has 0 unspecified atom stereocenters. The third-order valence-electron chi connectivity index (χ3n) is 7.31. The van der Waals surface area contributed by atoms with Gasteiger partial charge in [0.05, 0.1) is 58.8 Å². The van der Waals surface area contributed by atoms with E-state index in [1.54, 1.807) is 57.4 Å². The summed E-state index contributed by atoms with van der Waals surface area (Å²) in [5.41, 5.74) is 2.35. The topological polar surface area (TPSA) is 97.6 Å². The first-order valence-corrected chi connectivity index (χ1v) is 17.3. The molecule has 0 saturated heterocycles. The molecule has 1 aliphatic heterocycles. The molecule has 0 fully saturated rings. The number of carbonyl (C=O) groups is 1. The molecule has 9 nitrogen and oxygen atoms in total. The number of aromatic nitrogens is 1. The Balaban J connectivity index is 1.67. The minimum absolute atomic E-state index is 0.0887. The van der Waals surface area contributed by atoms with Crippen molar-refractivity contribution >= 4 is 62.5 Å². The molecule has 0 amide bonds. The number of methoxy groups -OCH3 is 2. The molecule has 13 heteroatoms. The number of carbonyl (C=O) groups excluding carboxylic acids is 1. The van der Waals surface area contributed by atoms with Gasteiger partial charge in [-0.3, -0.25) is 9.36 Å². The van der Waals surface area contributed by atoms with Crippen LogP contribution in [0.2, 0.25) is 10.0 Å². The summed E-state index contributed by atoms with van der Waals surface area (Å²) in [5.74, 6) is 1.32. The maximum atomic E-state index is 14.3. The molecule has 1 aliphatic rings. The van der Waals surface area contributed by atoms with E-state index in [1.165, 1.54) is 23.0 Å². The van der Waals surface area contributed by atoms with Crippen LogP contribution < -0.4 is 33.8 Å². The van der Waals surface area contributed by atoms with Crippen molar-refractivity contribution in [2.24, 2.45) is 4.99 Å². The fourth-order valence-corrected chi connectivity index (χ4v) is 7.05. The lowest BCUT2D eigenvalue weighted by Crippen LogP contribution is -2.40. The molecule has 4 aromatic rings. The number of rotatable bonds is 11. The van der Waals surface area contributed by atoms with Gasteiger partial charge in [0, 0.05) is 10.0 Å². The van der Waals surface area contributed by atoms with Gasteiger partial charge in [0.1, 0.15) is 6.61 Å². The molecule has 2 heterocycles. The van der Waals surface area contributed by atoms with E-state index < -0.39 is 12.0 Å². The number of ether oxygens (including phenoxy) is 5. The minimum atomic E-state index is -0.841. The van der Waals surface area contributed by atoms with E-state index in [0.29, 0.717) is 59.2 Å². The van der Waals surface area contributed by atoms with E-state index in [-0.39, 0.29) is 30.5 Å². The highest BCUT2D eigenvalue weighted by Gasteiger charge is 2.34. The summed E-state index contributed by atoms with van der Waals surface area (Å²) >= 11 is 17.1. The van der Waals surface area contributed by atoms with Gasteiger partial charge in [0.2, 0.25) is 0 Å². The van der Waals surface area contributed by atoms with Gasteiger partial charge in [0.25, 0.3) is 5.56 Å². The average Bonchev–Trinajstić information content (AvgIpc) is 3.34. The zero-order valence-electron chi connectivity index (χ0n) is 27.1. The van der Waals surface area contributed by atoms with Gasteiger partial charge >= 0.3 is 5.97 Å².